The molecule has 2 rings (SSSR count). The highest BCUT2D eigenvalue weighted by Gasteiger charge is 2.19. The van der Waals surface area contributed by atoms with Gasteiger partial charge in [-0.1, -0.05) is 0 Å². The van der Waals surface area contributed by atoms with E-state index in [1.165, 1.54) is 12.3 Å². The molecule has 0 aliphatic rings. The molecule has 8 heteroatoms. The molecule has 112 valence electrons. The first-order valence-electron chi connectivity index (χ1n) is 6.01. The summed E-state index contributed by atoms with van der Waals surface area (Å²) in [7, 11) is 0.0388. The Labute approximate surface area is 132 Å². The van der Waals surface area contributed by atoms with Crippen LogP contribution in [0.5, 0.6) is 0 Å². The van der Waals surface area contributed by atoms with Gasteiger partial charge in [-0.05, 0) is 46.3 Å². The number of anilines is 3. The van der Waals surface area contributed by atoms with Gasteiger partial charge in [0, 0.05) is 36.1 Å². The molecule has 0 aliphatic heterocycles. The molecule has 1 aromatic carbocycles. The molecule has 0 bridgehead atoms. The van der Waals surface area contributed by atoms with Crippen LogP contribution >= 0.6 is 15.9 Å². The Morgan fingerprint density at radius 2 is 1.86 bits per heavy atom. The van der Waals surface area contributed by atoms with E-state index >= 15 is 0 Å². The Morgan fingerprint density at radius 1 is 1.24 bits per heavy atom. The summed E-state index contributed by atoms with van der Waals surface area (Å²) in [5, 5.41) is 0. The van der Waals surface area contributed by atoms with Gasteiger partial charge in [-0.15, -0.1) is 0 Å². The van der Waals surface area contributed by atoms with E-state index in [9.17, 15) is 8.42 Å². The lowest BCUT2D eigenvalue weighted by Gasteiger charge is -2.14. The van der Waals surface area contributed by atoms with E-state index in [1.54, 1.807) is 12.1 Å². The average molecular weight is 371 g/mol. The van der Waals surface area contributed by atoms with E-state index < -0.39 is 10.0 Å². The van der Waals surface area contributed by atoms with Crippen molar-refractivity contribution in [2.45, 2.75) is 4.90 Å². The van der Waals surface area contributed by atoms with Crippen LogP contribution in [0.3, 0.4) is 0 Å². The summed E-state index contributed by atoms with van der Waals surface area (Å²) in [4.78, 5) is 5.69. The van der Waals surface area contributed by atoms with Crippen LogP contribution in [-0.4, -0.2) is 27.5 Å². The Bertz CT molecular complexity index is 745. The molecule has 1 aromatic heterocycles. The maximum atomic E-state index is 12.3. The summed E-state index contributed by atoms with van der Waals surface area (Å²) in [5.41, 5.74) is 7.07. The van der Waals surface area contributed by atoms with Crippen LogP contribution in [0, 0.1) is 0 Å². The summed E-state index contributed by atoms with van der Waals surface area (Å²) in [5.74, 6) is -0.0457. The van der Waals surface area contributed by atoms with Gasteiger partial charge in [0.1, 0.15) is 10.7 Å². The minimum absolute atomic E-state index is 0.0457. The molecule has 0 spiro atoms. The Kier molecular flexibility index (Phi) is 4.38. The van der Waals surface area contributed by atoms with Crippen molar-refractivity contribution in [3.8, 4) is 0 Å². The van der Waals surface area contributed by atoms with Crippen LogP contribution in [0.15, 0.2) is 45.9 Å². The zero-order valence-corrected chi connectivity index (χ0v) is 13.9. The van der Waals surface area contributed by atoms with Crippen LogP contribution in [0.2, 0.25) is 0 Å². The van der Waals surface area contributed by atoms with Crippen molar-refractivity contribution < 1.29 is 8.42 Å². The number of aromatic nitrogens is 1. The predicted molar refractivity (Wildman–Crippen MR) is 87.9 cm³/mol. The fourth-order valence-electron chi connectivity index (χ4n) is 1.68. The third kappa shape index (κ3) is 3.64. The van der Waals surface area contributed by atoms with Crippen molar-refractivity contribution in [1.82, 2.24) is 4.98 Å². The van der Waals surface area contributed by atoms with Gasteiger partial charge in [0.2, 0.25) is 0 Å². The molecule has 1 heterocycles. The molecular formula is C13H15BrN4O2S. The summed E-state index contributed by atoms with van der Waals surface area (Å²) in [6.45, 7) is 0. The largest absolute Gasteiger partial charge is 0.383 e. The summed E-state index contributed by atoms with van der Waals surface area (Å²) >= 11 is 3.18. The van der Waals surface area contributed by atoms with Crippen molar-refractivity contribution >= 4 is 43.1 Å². The van der Waals surface area contributed by atoms with Crippen molar-refractivity contribution in [2.24, 2.45) is 0 Å². The monoisotopic (exact) mass is 370 g/mol. The molecule has 21 heavy (non-hydrogen) atoms. The molecule has 0 radical (unpaired) electrons. The second-order valence-corrected chi connectivity index (χ2v) is 7.15. The molecule has 3 N–H and O–H groups in total. The highest BCUT2D eigenvalue weighted by molar-refractivity contribution is 9.10. The van der Waals surface area contributed by atoms with Crippen molar-refractivity contribution in [3.05, 3.63) is 41.0 Å². The molecule has 0 saturated carbocycles. The quantitative estimate of drug-likeness (QED) is 0.861. The summed E-state index contributed by atoms with van der Waals surface area (Å²) < 4.78 is 27.7. The number of hydrogen-bond acceptors (Lipinski definition) is 5. The summed E-state index contributed by atoms with van der Waals surface area (Å²) in [6, 6.07) is 8.43. The molecular weight excluding hydrogens is 356 g/mol. The van der Waals surface area contributed by atoms with Gasteiger partial charge in [-0.25, -0.2) is 13.4 Å². The number of hydrogen-bond donors (Lipinski definition) is 2. The van der Waals surface area contributed by atoms with Gasteiger partial charge < -0.3 is 10.6 Å². The SMILES string of the molecule is CN(C)c1ccc(NS(=O)(=O)c2cc(Br)cnc2N)cc1. The van der Waals surface area contributed by atoms with E-state index in [1.807, 2.05) is 31.1 Å². The zero-order valence-electron chi connectivity index (χ0n) is 11.5. The van der Waals surface area contributed by atoms with E-state index in [4.69, 9.17) is 5.73 Å². The van der Waals surface area contributed by atoms with Gasteiger partial charge in [-0.2, -0.15) is 0 Å². The van der Waals surface area contributed by atoms with Gasteiger partial charge in [0.05, 0.1) is 0 Å². The molecule has 0 unspecified atom stereocenters. The number of sulfonamides is 1. The molecule has 0 saturated heterocycles. The van der Waals surface area contributed by atoms with Crippen LogP contribution in [0.4, 0.5) is 17.2 Å². The maximum absolute atomic E-state index is 12.3. The number of nitrogens with one attached hydrogen (secondary N) is 1. The van der Waals surface area contributed by atoms with Crippen LogP contribution in [-0.2, 0) is 10.0 Å². The number of nitrogens with two attached hydrogens (primary N) is 1. The Balaban J connectivity index is 2.31. The third-order valence-corrected chi connectivity index (χ3v) is 4.62. The normalized spacial score (nSPS) is 11.2. The number of rotatable bonds is 4. The zero-order chi connectivity index (χ0) is 15.6. The predicted octanol–water partition coefficient (Wildman–Crippen LogP) is 2.29. The van der Waals surface area contributed by atoms with Crippen molar-refractivity contribution in [2.75, 3.05) is 29.5 Å². The second-order valence-electron chi connectivity index (χ2n) is 4.58. The summed E-state index contributed by atoms with van der Waals surface area (Å²) in [6.07, 6.45) is 1.44. The molecule has 0 aliphatic carbocycles. The Morgan fingerprint density at radius 3 is 2.43 bits per heavy atom. The molecule has 6 nitrogen and oxygen atoms in total. The molecule has 0 fully saturated rings. The Hall–Kier alpha value is -1.80. The average Bonchev–Trinajstić information content (AvgIpc) is 2.41. The number of nitrogens with zero attached hydrogens (tertiary/aromatic N) is 2. The number of pyridine rings is 1. The van der Waals surface area contributed by atoms with E-state index in [-0.39, 0.29) is 10.7 Å². The molecule has 0 atom stereocenters. The van der Waals surface area contributed by atoms with E-state index in [2.05, 4.69) is 25.6 Å². The first kappa shape index (κ1) is 15.6. The highest BCUT2D eigenvalue weighted by atomic mass is 79.9. The molecule has 0 amide bonds. The fraction of sp³-hybridized carbons (Fsp3) is 0.154. The maximum Gasteiger partial charge on any atom is 0.265 e. The smallest absolute Gasteiger partial charge is 0.265 e. The van der Waals surface area contributed by atoms with Gasteiger partial charge in [-0.3, -0.25) is 4.72 Å². The first-order valence-corrected chi connectivity index (χ1v) is 8.28. The van der Waals surface area contributed by atoms with Gasteiger partial charge >= 0.3 is 0 Å². The van der Waals surface area contributed by atoms with Crippen LogP contribution < -0.4 is 15.4 Å². The minimum atomic E-state index is -3.78. The van der Waals surface area contributed by atoms with Crippen LogP contribution in [0.25, 0.3) is 0 Å². The topological polar surface area (TPSA) is 88.3 Å². The fourth-order valence-corrected chi connectivity index (χ4v) is 3.33. The molecule has 2 aromatic rings. The lowest BCUT2D eigenvalue weighted by molar-refractivity contribution is 0.601. The highest BCUT2D eigenvalue weighted by Crippen LogP contribution is 2.24. The standard InChI is InChI=1S/C13H15BrN4O2S/c1-18(2)11-5-3-10(4-6-11)17-21(19,20)12-7-9(14)8-16-13(12)15/h3-8,17H,1-2H3,(H2,15,16). The van der Waals surface area contributed by atoms with Gasteiger partial charge in [0.25, 0.3) is 10.0 Å². The van der Waals surface area contributed by atoms with Crippen LogP contribution in [0.1, 0.15) is 0 Å². The van der Waals surface area contributed by atoms with Crippen molar-refractivity contribution in [1.29, 1.82) is 0 Å². The lowest BCUT2D eigenvalue weighted by Crippen LogP contribution is -2.15. The number of nitrogen functional groups attached to an aromatic ring is 1. The first-order chi connectivity index (χ1) is 9.79. The number of benzene rings is 1. The third-order valence-electron chi connectivity index (χ3n) is 2.77. The van der Waals surface area contributed by atoms with Crippen molar-refractivity contribution in [3.63, 3.8) is 0 Å². The van der Waals surface area contributed by atoms with E-state index in [0.29, 0.717) is 10.2 Å². The second kappa shape index (κ2) is 5.90. The van der Waals surface area contributed by atoms with E-state index in [0.717, 1.165) is 5.69 Å². The minimum Gasteiger partial charge on any atom is -0.383 e. The number of halogens is 1. The van der Waals surface area contributed by atoms with Gasteiger partial charge in [0.15, 0.2) is 0 Å². The lowest BCUT2D eigenvalue weighted by atomic mass is 10.3.